The average Bonchev–Trinajstić information content (AvgIpc) is 2.94. The van der Waals surface area contributed by atoms with E-state index in [2.05, 4.69) is 83.6 Å². The molecule has 0 saturated carbocycles. The average molecular weight is 331 g/mol. The first kappa shape index (κ1) is 15.6. The fraction of sp³-hybridized carbons (Fsp3) is 0.250. The van der Waals surface area contributed by atoms with Gasteiger partial charge >= 0.3 is 0 Å². The van der Waals surface area contributed by atoms with Crippen molar-refractivity contribution in [3.63, 3.8) is 0 Å². The summed E-state index contributed by atoms with van der Waals surface area (Å²) >= 11 is 0. The van der Waals surface area contributed by atoms with Crippen LogP contribution in [0.25, 0.3) is 0 Å². The zero-order chi connectivity index (χ0) is 17.4. The molecule has 4 rings (SSSR count). The lowest BCUT2D eigenvalue weighted by Crippen LogP contribution is -2.26. The van der Waals surface area contributed by atoms with Crippen LogP contribution in [-0.4, -0.2) is 21.2 Å². The van der Waals surface area contributed by atoms with Crippen LogP contribution in [0.1, 0.15) is 23.6 Å². The molecule has 0 saturated heterocycles. The van der Waals surface area contributed by atoms with E-state index in [1.165, 1.54) is 22.4 Å². The highest BCUT2D eigenvalue weighted by Crippen LogP contribution is 2.36. The summed E-state index contributed by atoms with van der Waals surface area (Å²) in [6.45, 7) is 6.40. The summed E-state index contributed by atoms with van der Waals surface area (Å²) in [5, 5.41) is 11.8. The molecular weight excluding hydrogens is 310 g/mol. The van der Waals surface area contributed by atoms with Crippen LogP contribution < -0.4 is 10.2 Å². The van der Waals surface area contributed by atoms with Crippen LogP contribution in [0.5, 0.6) is 0 Å². The molecule has 0 fully saturated rings. The first-order chi connectivity index (χ1) is 12.1. The van der Waals surface area contributed by atoms with Crippen LogP contribution in [0.15, 0.2) is 48.7 Å². The first-order valence-corrected chi connectivity index (χ1v) is 8.53. The molecule has 0 bridgehead atoms. The quantitative estimate of drug-likeness (QED) is 0.775. The second kappa shape index (κ2) is 6.16. The molecule has 0 aliphatic carbocycles. The van der Waals surface area contributed by atoms with Crippen molar-refractivity contribution in [2.45, 2.75) is 33.2 Å². The highest BCUT2D eigenvalue weighted by molar-refractivity contribution is 5.68. The summed E-state index contributed by atoms with van der Waals surface area (Å²) in [7, 11) is 0. The Kier molecular flexibility index (Phi) is 3.84. The van der Waals surface area contributed by atoms with Crippen molar-refractivity contribution < 1.29 is 0 Å². The van der Waals surface area contributed by atoms with Crippen LogP contribution in [-0.2, 0) is 6.42 Å². The van der Waals surface area contributed by atoms with Gasteiger partial charge in [-0.3, -0.25) is 0 Å². The van der Waals surface area contributed by atoms with Crippen molar-refractivity contribution >= 4 is 23.1 Å². The Bertz CT molecular complexity index is 921. The molecular formula is C20H21N5. The fourth-order valence-electron chi connectivity index (χ4n) is 3.29. The predicted molar refractivity (Wildman–Crippen MR) is 101 cm³/mol. The maximum absolute atomic E-state index is 4.69. The minimum atomic E-state index is 0.316. The lowest BCUT2D eigenvalue weighted by Gasteiger charge is -2.22. The van der Waals surface area contributed by atoms with Crippen molar-refractivity contribution in [2.75, 3.05) is 10.2 Å². The number of aryl methyl sites for hydroxylation is 2. The summed E-state index contributed by atoms with van der Waals surface area (Å²) in [4.78, 5) is 6.85. The minimum Gasteiger partial charge on any atom is -0.339 e. The summed E-state index contributed by atoms with van der Waals surface area (Å²) in [5.41, 5.74) is 6.01. The second-order valence-corrected chi connectivity index (χ2v) is 6.62. The van der Waals surface area contributed by atoms with Crippen molar-refractivity contribution in [1.82, 2.24) is 15.2 Å². The lowest BCUT2D eigenvalue weighted by atomic mass is 10.1. The number of para-hydroxylation sites is 1. The maximum atomic E-state index is 4.69. The van der Waals surface area contributed by atoms with Crippen molar-refractivity contribution in [3.8, 4) is 0 Å². The standard InChI is InChI=1S/C20H21N5/c1-13-8-9-17(10-14(13)2)22-19-12-21-24-20(23-19)25-15(3)11-16-6-4-5-7-18(16)25/h4-10,12,15H,11H2,1-3H3,(H,22,23,24). The smallest absolute Gasteiger partial charge is 0.252 e. The van der Waals surface area contributed by atoms with Crippen molar-refractivity contribution in [1.29, 1.82) is 0 Å². The number of hydrogen-bond donors (Lipinski definition) is 1. The van der Waals surface area contributed by atoms with Gasteiger partial charge in [0.2, 0.25) is 0 Å². The van der Waals surface area contributed by atoms with Crippen LogP contribution in [0.4, 0.5) is 23.1 Å². The van der Waals surface area contributed by atoms with E-state index in [-0.39, 0.29) is 0 Å². The number of aromatic nitrogens is 3. The molecule has 3 aromatic rings. The Hall–Kier alpha value is -2.95. The number of fused-ring (bicyclic) bond motifs is 1. The molecule has 0 amide bonds. The van der Waals surface area contributed by atoms with Crippen LogP contribution in [0, 0.1) is 13.8 Å². The molecule has 2 aromatic carbocycles. The highest BCUT2D eigenvalue weighted by atomic mass is 15.4. The molecule has 1 atom stereocenters. The third-order valence-corrected chi connectivity index (χ3v) is 4.75. The van der Waals surface area contributed by atoms with Gasteiger partial charge in [-0.05, 0) is 62.1 Å². The van der Waals surface area contributed by atoms with Gasteiger partial charge in [0, 0.05) is 17.4 Å². The highest BCUT2D eigenvalue weighted by Gasteiger charge is 2.29. The normalized spacial score (nSPS) is 16.0. The molecule has 2 heterocycles. The molecule has 5 heteroatoms. The largest absolute Gasteiger partial charge is 0.339 e. The van der Waals surface area contributed by atoms with E-state index < -0.39 is 0 Å². The zero-order valence-electron chi connectivity index (χ0n) is 14.7. The van der Waals surface area contributed by atoms with Gasteiger partial charge in [0.1, 0.15) is 0 Å². The number of nitrogens with zero attached hydrogens (tertiary/aromatic N) is 4. The third-order valence-electron chi connectivity index (χ3n) is 4.75. The molecule has 0 radical (unpaired) electrons. The maximum Gasteiger partial charge on any atom is 0.252 e. The Morgan fingerprint density at radius 3 is 2.76 bits per heavy atom. The lowest BCUT2D eigenvalue weighted by molar-refractivity contribution is 0.730. The Morgan fingerprint density at radius 1 is 1.08 bits per heavy atom. The summed E-state index contributed by atoms with van der Waals surface area (Å²) < 4.78 is 0. The molecule has 1 N–H and O–H groups in total. The summed E-state index contributed by atoms with van der Waals surface area (Å²) in [5.74, 6) is 1.33. The SMILES string of the molecule is Cc1ccc(Nc2cnnc(N3c4ccccc4CC3C)n2)cc1C. The molecule has 1 aliphatic heterocycles. The van der Waals surface area contributed by atoms with Crippen LogP contribution >= 0.6 is 0 Å². The van der Waals surface area contributed by atoms with Gasteiger partial charge < -0.3 is 10.2 Å². The van der Waals surface area contributed by atoms with Gasteiger partial charge in [-0.25, -0.2) is 0 Å². The Morgan fingerprint density at radius 2 is 1.92 bits per heavy atom. The molecule has 25 heavy (non-hydrogen) atoms. The van der Waals surface area contributed by atoms with E-state index in [0.717, 1.165) is 12.1 Å². The van der Waals surface area contributed by atoms with E-state index >= 15 is 0 Å². The Labute approximate surface area is 147 Å². The topological polar surface area (TPSA) is 53.9 Å². The Balaban J connectivity index is 1.65. The third kappa shape index (κ3) is 2.93. The molecule has 1 aromatic heterocycles. The van der Waals surface area contributed by atoms with Crippen molar-refractivity contribution in [2.24, 2.45) is 0 Å². The van der Waals surface area contributed by atoms with Gasteiger partial charge in [0.15, 0.2) is 5.82 Å². The number of anilines is 4. The van der Waals surface area contributed by atoms with Gasteiger partial charge in [0.25, 0.3) is 5.95 Å². The van der Waals surface area contributed by atoms with Gasteiger partial charge in [-0.15, -0.1) is 5.10 Å². The number of benzene rings is 2. The fourth-order valence-corrected chi connectivity index (χ4v) is 3.29. The molecule has 0 spiro atoms. The summed E-state index contributed by atoms with van der Waals surface area (Å²) in [6.07, 6.45) is 2.65. The second-order valence-electron chi connectivity index (χ2n) is 6.62. The molecule has 1 unspecified atom stereocenters. The molecule has 1 aliphatic rings. The first-order valence-electron chi connectivity index (χ1n) is 8.53. The van der Waals surface area contributed by atoms with Crippen molar-refractivity contribution in [3.05, 3.63) is 65.4 Å². The van der Waals surface area contributed by atoms with Crippen LogP contribution in [0.3, 0.4) is 0 Å². The molecule has 126 valence electrons. The number of nitrogens with one attached hydrogen (secondary N) is 1. The van der Waals surface area contributed by atoms with Gasteiger partial charge in [-0.2, -0.15) is 10.1 Å². The predicted octanol–water partition coefficient (Wildman–Crippen LogP) is 4.31. The van der Waals surface area contributed by atoms with E-state index in [4.69, 9.17) is 4.98 Å². The zero-order valence-corrected chi connectivity index (χ0v) is 14.7. The number of hydrogen-bond acceptors (Lipinski definition) is 5. The van der Waals surface area contributed by atoms with E-state index in [9.17, 15) is 0 Å². The van der Waals surface area contributed by atoms with E-state index in [1.54, 1.807) is 6.20 Å². The monoisotopic (exact) mass is 331 g/mol. The van der Waals surface area contributed by atoms with Gasteiger partial charge in [0.05, 0.1) is 6.20 Å². The van der Waals surface area contributed by atoms with Crippen LogP contribution in [0.2, 0.25) is 0 Å². The molecule has 5 nitrogen and oxygen atoms in total. The van der Waals surface area contributed by atoms with E-state index in [0.29, 0.717) is 17.8 Å². The van der Waals surface area contributed by atoms with Gasteiger partial charge in [-0.1, -0.05) is 24.3 Å². The minimum absolute atomic E-state index is 0.316. The number of rotatable bonds is 3. The van der Waals surface area contributed by atoms with E-state index in [1.807, 2.05) is 0 Å². The summed E-state index contributed by atoms with van der Waals surface area (Å²) in [6, 6.07) is 15.0.